The van der Waals surface area contributed by atoms with Crippen molar-refractivity contribution in [1.82, 2.24) is 4.98 Å². The van der Waals surface area contributed by atoms with Gasteiger partial charge in [-0.3, -0.25) is 0 Å². The summed E-state index contributed by atoms with van der Waals surface area (Å²) in [5.74, 6) is 0.628. The largest absolute Gasteiger partial charge is 0.437 e. The smallest absolute Gasteiger partial charge is 0.227 e. The number of hydrogen-bond acceptors (Lipinski definition) is 2. The third kappa shape index (κ3) is 3.01. The first-order chi connectivity index (χ1) is 12.8. The zero-order valence-corrected chi connectivity index (χ0v) is 17.1. The minimum Gasteiger partial charge on any atom is -0.437 e. The molecule has 0 atom stereocenters. The van der Waals surface area contributed by atoms with E-state index in [0.717, 1.165) is 28.8 Å². The van der Waals surface area contributed by atoms with Crippen LogP contribution >= 0.6 is 0 Å². The molecule has 0 aliphatic carbocycles. The lowest BCUT2D eigenvalue weighted by molar-refractivity contribution is -0.660. The van der Waals surface area contributed by atoms with Crippen molar-refractivity contribution in [3.05, 3.63) is 58.9 Å². The van der Waals surface area contributed by atoms with Gasteiger partial charge in [-0.2, -0.15) is 0 Å². The van der Waals surface area contributed by atoms with Crippen LogP contribution in [0, 0.1) is 26.7 Å². The molecule has 27 heavy (non-hydrogen) atoms. The molecule has 0 unspecified atom stereocenters. The van der Waals surface area contributed by atoms with Crippen molar-refractivity contribution in [3.63, 3.8) is 0 Å². The van der Waals surface area contributed by atoms with Crippen LogP contribution in [0.4, 0.5) is 0 Å². The molecule has 3 nitrogen and oxygen atoms in total. The summed E-state index contributed by atoms with van der Waals surface area (Å²) in [6, 6.07) is 11.0. The fourth-order valence-corrected chi connectivity index (χ4v) is 4.07. The van der Waals surface area contributed by atoms with Crippen LogP contribution in [0.2, 0.25) is 0 Å². The van der Waals surface area contributed by atoms with E-state index in [4.69, 9.17) is 4.42 Å². The predicted octanol–water partition coefficient (Wildman–Crippen LogP) is 5.60. The molecule has 0 radical (unpaired) electrons. The fourth-order valence-electron chi connectivity index (χ4n) is 4.07. The Kier molecular flexibility index (Phi) is 4.26. The molecule has 0 saturated carbocycles. The van der Waals surface area contributed by atoms with Crippen LogP contribution in [-0.2, 0) is 13.5 Å². The summed E-state index contributed by atoms with van der Waals surface area (Å²) in [5, 5.41) is 2.27. The molecule has 0 aliphatic heterocycles. The summed E-state index contributed by atoms with van der Waals surface area (Å²) < 4.78 is 8.52. The molecule has 0 N–H and O–H groups in total. The third-order valence-electron chi connectivity index (χ3n) is 5.26. The van der Waals surface area contributed by atoms with Crippen LogP contribution in [0.1, 0.15) is 36.2 Å². The molecule has 3 heteroatoms. The number of hydrogen-bond donors (Lipinski definition) is 0. The van der Waals surface area contributed by atoms with E-state index in [1.165, 1.54) is 33.3 Å². The van der Waals surface area contributed by atoms with E-state index in [0.29, 0.717) is 5.92 Å². The minimum atomic E-state index is 0.628. The van der Waals surface area contributed by atoms with E-state index in [-0.39, 0.29) is 0 Å². The van der Waals surface area contributed by atoms with Gasteiger partial charge < -0.3 is 4.42 Å². The maximum Gasteiger partial charge on any atom is 0.227 e. The van der Waals surface area contributed by atoms with Gasteiger partial charge in [0.25, 0.3) is 0 Å². The standard InChI is InChI=1S/C24H27N2O/c1-14(2)11-18-9-10-26(6)20(13-18)22-16(4)12-15(3)21-19-8-7-17(5)25-24(19)27-23(21)22/h7-10,12-14H,11H2,1-6H3/q+1. The highest BCUT2D eigenvalue weighted by molar-refractivity contribution is 6.10. The van der Waals surface area contributed by atoms with E-state index in [1.54, 1.807) is 0 Å². The molecule has 0 spiro atoms. The second kappa shape index (κ2) is 6.49. The fraction of sp³-hybridized carbons (Fsp3) is 0.333. The molecule has 3 aromatic heterocycles. The molecule has 0 fully saturated rings. The molecule has 4 rings (SSSR count). The Morgan fingerprint density at radius 2 is 1.81 bits per heavy atom. The number of furan rings is 1. The molecule has 138 valence electrons. The Hall–Kier alpha value is -2.68. The van der Waals surface area contributed by atoms with Gasteiger partial charge in [-0.1, -0.05) is 19.9 Å². The zero-order chi connectivity index (χ0) is 19.3. The van der Waals surface area contributed by atoms with Crippen LogP contribution in [0.15, 0.2) is 40.9 Å². The maximum absolute atomic E-state index is 6.33. The van der Waals surface area contributed by atoms with E-state index in [9.17, 15) is 0 Å². The van der Waals surface area contributed by atoms with Gasteiger partial charge in [0.2, 0.25) is 11.4 Å². The Bertz CT molecular complexity index is 1170. The van der Waals surface area contributed by atoms with Gasteiger partial charge in [0, 0.05) is 28.6 Å². The van der Waals surface area contributed by atoms with Gasteiger partial charge >= 0.3 is 0 Å². The number of fused-ring (bicyclic) bond motifs is 3. The highest BCUT2D eigenvalue weighted by Gasteiger charge is 2.23. The summed E-state index contributed by atoms with van der Waals surface area (Å²) in [7, 11) is 2.10. The summed E-state index contributed by atoms with van der Waals surface area (Å²) in [6.07, 6.45) is 3.23. The van der Waals surface area contributed by atoms with Crippen LogP contribution in [0.3, 0.4) is 0 Å². The lowest BCUT2D eigenvalue weighted by atomic mass is 9.95. The first-order valence-electron chi connectivity index (χ1n) is 9.64. The first kappa shape index (κ1) is 17.7. The summed E-state index contributed by atoms with van der Waals surface area (Å²) in [4.78, 5) is 4.62. The quantitative estimate of drug-likeness (QED) is 0.446. The van der Waals surface area contributed by atoms with Crippen LogP contribution in [0.5, 0.6) is 0 Å². The number of aromatic nitrogens is 2. The van der Waals surface area contributed by atoms with Crippen molar-refractivity contribution in [2.45, 2.75) is 41.0 Å². The highest BCUT2D eigenvalue weighted by Crippen LogP contribution is 2.38. The average molecular weight is 359 g/mol. The van der Waals surface area contributed by atoms with Crippen molar-refractivity contribution >= 4 is 22.1 Å². The Morgan fingerprint density at radius 1 is 1.04 bits per heavy atom. The summed E-state index contributed by atoms with van der Waals surface area (Å²) in [5.41, 5.74) is 8.81. The SMILES string of the molecule is Cc1ccc2c(n1)oc1c(-c3cc(CC(C)C)cc[n+]3C)c(C)cc(C)c12. The molecular weight excluding hydrogens is 332 g/mol. The molecule has 0 bridgehead atoms. The van der Waals surface area contributed by atoms with Crippen molar-refractivity contribution in [2.75, 3.05) is 0 Å². The lowest BCUT2D eigenvalue weighted by Crippen LogP contribution is -2.31. The molecule has 4 aromatic rings. The average Bonchev–Trinajstić information content (AvgIpc) is 2.95. The second-order valence-electron chi connectivity index (χ2n) is 8.13. The van der Waals surface area contributed by atoms with Crippen molar-refractivity contribution in [1.29, 1.82) is 0 Å². The van der Waals surface area contributed by atoms with Gasteiger partial charge in [-0.25, -0.2) is 9.55 Å². The van der Waals surface area contributed by atoms with Gasteiger partial charge in [-0.15, -0.1) is 0 Å². The van der Waals surface area contributed by atoms with Crippen molar-refractivity contribution < 1.29 is 8.98 Å². The number of pyridine rings is 2. The van der Waals surface area contributed by atoms with Gasteiger partial charge in [0.15, 0.2) is 11.8 Å². The predicted molar refractivity (Wildman–Crippen MR) is 111 cm³/mol. The summed E-state index contributed by atoms with van der Waals surface area (Å²) in [6.45, 7) is 10.8. The first-order valence-corrected chi connectivity index (χ1v) is 9.64. The number of aryl methyl sites for hydroxylation is 4. The van der Waals surface area contributed by atoms with Gasteiger partial charge in [0.05, 0.1) is 5.56 Å². The third-order valence-corrected chi connectivity index (χ3v) is 5.26. The van der Waals surface area contributed by atoms with Crippen molar-refractivity contribution in [2.24, 2.45) is 13.0 Å². The summed E-state index contributed by atoms with van der Waals surface area (Å²) >= 11 is 0. The molecule has 3 heterocycles. The molecule has 0 saturated heterocycles. The van der Waals surface area contributed by atoms with Crippen LogP contribution in [0.25, 0.3) is 33.3 Å². The van der Waals surface area contributed by atoms with Crippen LogP contribution in [-0.4, -0.2) is 4.98 Å². The Labute approximate surface area is 160 Å². The number of benzene rings is 1. The van der Waals surface area contributed by atoms with E-state index < -0.39 is 0 Å². The van der Waals surface area contributed by atoms with E-state index in [1.807, 2.05) is 6.92 Å². The molecule has 0 aliphatic rings. The minimum absolute atomic E-state index is 0.628. The Balaban J connectivity index is 2.06. The maximum atomic E-state index is 6.33. The topological polar surface area (TPSA) is 29.9 Å². The zero-order valence-electron chi connectivity index (χ0n) is 17.1. The second-order valence-corrected chi connectivity index (χ2v) is 8.13. The highest BCUT2D eigenvalue weighted by atomic mass is 16.3. The normalized spacial score (nSPS) is 11.8. The number of rotatable bonds is 3. The van der Waals surface area contributed by atoms with E-state index in [2.05, 4.69) is 80.8 Å². The number of nitrogens with zero attached hydrogens (tertiary/aromatic N) is 2. The van der Waals surface area contributed by atoms with E-state index >= 15 is 0 Å². The molecule has 0 amide bonds. The lowest BCUT2D eigenvalue weighted by Gasteiger charge is -2.10. The molecule has 1 aromatic carbocycles. The molecular formula is C24H27N2O+. The van der Waals surface area contributed by atoms with Gasteiger partial charge in [-0.05, 0) is 61.9 Å². The van der Waals surface area contributed by atoms with Gasteiger partial charge in [0.1, 0.15) is 7.05 Å². The monoisotopic (exact) mass is 359 g/mol. The Morgan fingerprint density at radius 3 is 2.56 bits per heavy atom. The van der Waals surface area contributed by atoms with Crippen LogP contribution < -0.4 is 4.57 Å². The van der Waals surface area contributed by atoms with Crippen molar-refractivity contribution in [3.8, 4) is 11.3 Å².